The lowest BCUT2D eigenvalue weighted by atomic mass is 9.90. The van der Waals surface area contributed by atoms with Crippen molar-refractivity contribution in [2.24, 2.45) is 5.92 Å². The van der Waals surface area contributed by atoms with Crippen LogP contribution in [0.15, 0.2) is 24.3 Å². The summed E-state index contributed by atoms with van der Waals surface area (Å²) < 4.78 is 34.0. The third-order valence-corrected chi connectivity index (χ3v) is 5.72. The number of hydrogen-bond donors (Lipinski definition) is 2. The average Bonchev–Trinajstić information content (AvgIpc) is 3.08. The fourth-order valence-corrected chi connectivity index (χ4v) is 4.17. The van der Waals surface area contributed by atoms with E-state index in [4.69, 9.17) is 4.74 Å². The van der Waals surface area contributed by atoms with Crippen LogP contribution in [0.2, 0.25) is 0 Å². The molecule has 1 aliphatic carbocycles. The second-order valence-electron chi connectivity index (χ2n) is 6.56. The maximum absolute atomic E-state index is 12.4. The van der Waals surface area contributed by atoms with Crippen LogP contribution >= 0.6 is 11.3 Å². The predicted molar refractivity (Wildman–Crippen MR) is 100 cm³/mol. The Hall–Kier alpha value is -2.68. The van der Waals surface area contributed by atoms with Crippen LogP contribution < -0.4 is 20.3 Å². The second kappa shape index (κ2) is 8.55. The highest BCUT2D eigenvalue weighted by molar-refractivity contribution is 7.14. The van der Waals surface area contributed by atoms with Gasteiger partial charge in [0.25, 0.3) is 11.8 Å². The second-order valence-corrected chi connectivity index (χ2v) is 7.70. The minimum atomic E-state index is -3.01. The molecule has 150 valence electrons. The minimum absolute atomic E-state index is 0.0145. The van der Waals surface area contributed by atoms with Crippen molar-refractivity contribution in [2.75, 3.05) is 7.11 Å². The van der Waals surface area contributed by atoms with E-state index in [1.165, 1.54) is 47.1 Å². The van der Waals surface area contributed by atoms with Crippen LogP contribution in [0.3, 0.4) is 0 Å². The molecule has 9 heteroatoms. The Bertz CT molecular complexity index is 885. The fraction of sp³-hybridized carbons (Fsp3) is 0.368. The molecule has 0 aliphatic heterocycles. The minimum Gasteiger partial charge on any atom is -0.493 e. The number of aryl methyl sites for hydroxylation is 1. The van der Waals surface area contributed by atoms with Crippen molar-refractivity contribution >= 4 is 23.2 Å². The number of halogens is 2. The van der Waals surface area contributed by atoms with E-state index in [0.717, 1.165) is 19.3 Å². The maximum atomic E-state index is 12.4. The summed E-state index contributed by atoms with van der Waals surface area (Å²) in [6.45, 7) is -0.820. The fourth-order valence-electron chi connectivity index (χ4n) is 3.07. The van der Waals surface area contributed by atoms with Crippen molar-refractivity contribution in [3.8, 4) is 11.5 Å². The first-order valence-electron chi connectivity index (χ1n) is 8.72. The Balaban J connectivity index is 1.63. The summed E-state index contributed by atoms with van der Waals surface area (Å²) in [5.41, 5.74) is 6.02. The van der Waals surface area contributed by atoms with Crippen molar-refractivity contribution in [1.29, 1.82) is 0 Å². The number of nitrogens with one attached hydrogen (secondary N) is 2. The van der Waals surface area contributed by atoms with Crippen LogP contribution in [-0.2, 0) is 12.8 Å². The molecule has 0 spiro atoms. The molecule has 0 saturated carbocycles. The molecule has 1 heterocycles. The number of rotatable bonds is 5. The summed E-state index contributed by atoms with van der Waals surface area (Å²) >= 11 is 1.44. The normalized spacial score (nSPS) is 15.7. The number of carbonyl (C=O) groups is 2. The number of amides is 2. The number of hydrogen-bond acceptors (Lipinski definition) is 5. The number of fused-ring (bicyclic) bond motifs is 1. The SMILES string of the molecule is COc1cc(C(=O)NNC(=O)c2cc3c(s2)CC[C@H](C)C3)ccc1OC(F)F. The molecule has 3 rings (SSSR count). The van der Waals surface area contributed by atoms with Gasteiger partial charge in [-0.15, -0.1) is 11.3 Å². The van der Waals surface area contributed by atoms with E-state index in [9.17, 15) is 18.4 Å². The van der Waals surface area contributed by atoms with E-state index in [2.05, 4.69) is 22.5 Å². The lowest BCUT2D eigenvalue weighted by Crippen LogP contribution is -2.41. The van der Waals surface area contributed by atoms with Gasteiger partial charge in [0.2, 0.25) is 0 Å². The third-order valence-electron chi connectivity index (χ3n) is 4.48. The topological polar surface area (TPSA) is 76.7 Å². The Morgan fingerprint density at radius 1 is 1.18 bits per heavy atom. The van der Waals surface area contributed by atoms with Gasteiger partial charge in [-0.25, -0.2) is 0 Å². The van der Waals surface area contributed by atoms with Gasteiger partial charge in [-0.1, -0.05) is 6.92 Å². The van der Waals surface area contributed by atoms with Crippen LogP contribution in [0, 0.1) is 5.92 Å². The summed E-state index contributed by atoms with van der Waals surface area (Å²) in [6.07, 6.45) is 3.03. The molecule has 1 aromatic carbocycles. The highest BCUT2D eigenvalue weighted by Gasteiger charge is 2.21. The summed E-state index contributed by atoms with van der Waals surface area (Å²) in [4.78, 5) is 26.3. The van der Waals surface area contributed by atoms with E-state index >= 15 is 0 Å². The summed E-state index contributed by atoms with van der Waals surface area (Å²) in [5.74, 6) is -0.601. The zero-order valence-electron chi connectivity index (χ0n) is 15.4. The van der Waals surface area contributed by atoms with E-state index in [1.807, 2.05) is 6.07 Å². The van der Waals surface area contributed by atoms with Crippen molar-refractivity contribution in [3.05, 3.63) is 45.1 Å². The van der Waals surface area contributed by atoms with Gasteiger partial charge in [-0.05, 0) is 55.0 Å². The molecule has 0 unspecified atom stereocenters. The van der Waals surface area contributed by atoms with Gasteiger partial charge < -0.3 is 9.47 Å². The zero-order valence-corrected chi connectivity index (χ0v) is 16.2. The molecule has 0 fully saturated rings. The smallest absolute Gasteiger partial charge is 0.387 e. The summed E-state index contributed by atoms with van der Waals surface area (Å²) in [5, 5.41) is 0. The van der Waals surface area contributed by atoms with Crippen LogP contribution in [0.5, 0.6) is 11.5 Å². The summed E-state index contributed by atoms with van der Waals surface area (Å²) in [7, 11) is 1.27. The lowest BCUT2D eigenvalue weighted by molar-refractivity contribution is -0.0512. The van der Waals surface area contributed by atoms with Gasteiger partial charge in [0, 0.05) is 10.4 Å². The Morgan fingerprint density at radius 2 is 1.93 bits per heavy atom. The van der Waals surface area contributed by atoms with E-state index in [-0.39, 0.29) is 17.1 Å². The molecule has 6 nitrogen and oxygen atoms in total. The van der Waals surface area contributed by atoms with Crippen LogP contribution in [0.4, 0.5) is 8.78 Å². The number of thiophene rings is 1. The Morgan fingerprint density at radius 3 is 2.64 bits per heavy atom. The van der Waals surface area contributed by atoms with Crippen molar-refractivity contribution in [3.63, 3.8) is 0 Å². The first kappa shape index (κ1) is 20.1. The van der Waals surface area contributed by atoms with E-state index < -0.39 is 18.4 Å². The molecule has 2 amide bonds. The average molecular weight is 410 g/mol. The lowest BCUT2D eigenvalue weighted by Gasteiger charge is -2.16. The van der Waals surface area contributed by atoms with Crippen molar-refractivity contribution < 1.29 is 27.8 Å². The molecule has 1 atom stereocenters. The molecule has 1 aromatic heterocycles. The molecule has 2 N–H and O–H groups in total. The van der Waals surface area contributed by atoms with E-state index in [0.29, 0.717) is 10.8 Å². The summed E-state index contributed by atoms with van der Waals surface area (Å²) in [6, 6.07) is 5.63. The first-order valence-corrected chi connectivity index (χ1v) is 9.54. The largest absolute Gasteiger partial charge is 0.493 e. The molecular weight excluding hydrogens is 390 g/mol. The van der Waals surface area contributed by atoms with Gasteiger partial charge in [0.1, 0.15) is 0 Å². The van der Waals surface area contributed by atoms with Crippen LogP contribution in [0.1, 0.15) is 43.8 Å². The van der Waals surface area contributed by atoms with E-state index in [1.54, 1.807) is 0 Å². The van der Waals surface area contributed by atoms with Gasteiger partial charge >= 0.3 is 6.61 Å². The molecule has 0 radical (unpaired) electrons. The highest BCUT2D eigenvalue weighted by Crippen LogP contribution is 2.32. The number of alkyl halides is 2. The standard InChI is InChI=1S/C19H20F2N2O4S/c1-10-3-6-15-12(7-10)9-16(28-15)18(25)23-22-17(24)11-4-5-13(27-19(20)21)14(8-11)26-2/h4-5,8-10,19H,3,6-7H2,1-2H3,(H,22,24)(H,23,25)/t10-/m0/s1. The Labute approximate surface area is 164 Å². The molecule has 28 heavy (non-hydrogen) atoms. The molecule has 2 aromatic rings. The van der Waals surface area contributed by atoms with Crippen LogP contribution in [-0.4, -0.2) is 25.5 Å². The van der Waals surface area contributed by atoms with Crippen molar-refractivity contribution in [1.82, 2.24) is 10.9 Å². The van der Waals surface area contributed by atoms with Crippen LogP contribution in [0.25, 0.3) is 0 Å². The van der Waals surface area contributed by atoms with Gasteiger partial charge in [-0.2, -0.15) is 8.78 Å². The number of carbonyl (C=O) groups excluding carboxylic acids is 2. The molecular formula is C19H20F2N2O4S. The van der Waals surface area contributed by atoms with Gasteiger partial charge in [-0.3, -0.25) is 20.4 Å². The van der Waals surface area contributed by atoms with Crippen molar-refractivity contribution in [2.45, 2.75) is 32.8 Å². The van der Waals surface area contributed by atoms with Gasteiger partial charge in [0.15, 0.2) is 11.5 Å². The zero-order chi connectivity index (χ0) is 20.3. The predicted octanol–water partition coefficient (Wildman–Crippen LogP) is 3.56. The quantitative estimate of drug-likeness (QED) is 0.739. The molecule has 1 aliphatic rings. The maximum Gasteiger partial charge on any atom is 0.387 e. The first-order chi connectivity index (χ1) is 13.4. The number of methoxy groups -OCH3 is 1. The third kappa shape index (κ3) is 4.59. The Kier molecular flexibility index (Phi) is 6.13. The highest BCUT2D eigenvalue weighted by atomic mass is 32.1. The molecule has 0 saturated heterocycles. The molecule has 0 bridgehead atoms. The number of ether oxygens (including phenoxy) is 2. The van der Waals surface area contributed by atoms with Gasteiger partial charge in [0.05, 0.1) is 12.0 Å². The monoisotopic (exact) mass is 410 g/mol. The number of hydrazine groups is 1. The number of benzene rings is 1.